The van der Waals surface area contributed by atoms with Crippen LogP contribution in [0.1, 0.15) is 22.8 Å². The Morgan fingerprint density at radius 1 is 1.19 bits per heavy atom. The second-order valence-electron chi connectivity index (χ2n) is 4.54. The minimum Gasteiger partial charge on any atom is -0.385 e. The van der Waals surface area contributed by atoms with Crippen molar-refractivity contribution in [3.8, 4) is 0 Å². The van der Waals surface area contributed by atoms with Crippen molar-refractivity contribution in [3.05, 3.63) is 64.4 Å². The average molecular weight is 307 g/mol. The Balaban J connectivity index is 1.96. The van der Waals surface area contributed by atoms with E-state index >= 15 is 0 Å². The van der Waals surface area contributed by atoms with Crippen LogP contribution in [0.2, 0.25) is 5.02 Å². The second-order valence-corrected chi connectivity index (χ2v) is 4.95. The van der Waals surface area contributed by atoms with Crippen molar-refractivity contribution >= 4 is 23.2 Å². The summed E-state index contributed by atoms with van der Waals surface area (Å²) < 4.78 is 13.0. The quantitative estimate of drug-likeness (QED) is 0.881. The maximum atomic E-state index is 13.0. The van der Waals surface area contributed by atoms with Crippen LogP contribution in [0, 0.1) is 5.82 Å². The lowest BCUT2D eigenvalue weighted by molar-refractivity contribution is 0.0951. The summed E-state index contributed by atoms with van der Waals surface area (Å²) in [7, 11) is 0. The van der Waals surface area contributed by atoms with Crippen LogP contribution in [0.25, 0.3) is 0 Å². The fraction of sp³-hybridized carbons (Fsp3) is 0.188. The zero-order valence-corrected chi connectivity index (χ0v) is 12.4. The third kappa shape index (κ3) is 4.20. The summed E-state index contributed by atoms with van der Waals surface area (Å²) in [6.45, 7) is 3.14. The molecule has 2 aromatic rings. The van der Waals surface area contributed by atoms with E-state index < -0.39 is 5.82 Å². The summed E-state index contributed by atoms with van der Waals surface area (Å²) in [6.07, 6.45) is 0. The number of benzene rings is 2. The standard InChI is InChI=1S/C16H16ClFN2O/c1-2-19-13-6-4-12(5-7-13)16(21)20-10-11-3-8-15(18)14(17)9-11/h3-9,19H,2,10H2,1H3,(H,20,21). The molecule has 0 spiro atoms. The number of rotatable bonds is 5. The van der Waals surface area contributed by atoms with Crippen LogP contribution < -0.4 is 10.6 Å². The molecule has 0 radical (unpaired) electrons. The zero-order valence-electron chi connectivity index (χ0n) is 11.6. The first-order valence-electron chi connectivity index (χ1n) is 6.66. The molecule has 2 rings (SSSR count). The number of nitrogens with one attached hydrogen (secondary N) is 2. The molecule has 1 amide bonds. The second kappa shape index (κ2) is 7.09. The molecule has 3 nitrogen and oxygen atoms in total. The van der Waals surface area contributed by atoms with E-state index in [1.165, 1.54) is 12.1 Å². The fourth-order valence-corrected chi connectivity index (χ4v) is 2.08. The van der Waals surface area contributed by atoms with Gasteiger partial charge in [0.15, 0.2) is 0 Å². The Hall–Kier alpha value is -2.07. The van der Waals surface area contributed by atoms with Crippen molar-refractivity contribution < 1.29 is 9.18 Å². The molecular formula is C16H16ClFN2O. The molecule has 0 atom stereocenters. The van der Waals surface area contributed by atoms with Crippen molar-refractivity contribution in [2.45, 2.75) is 13.5 Å². The van der Waals surface area contributed by atoms with Gasteiger partial charge < -0.3 is 10.6 Å². The van der Waals surface area contributed by atoms with Crippen molar-refractivity contribution in [2.75, 3.05) is 11.9 Å². The fourth-order valence-electron chi connectivity index (χ4n) is 1.88. The van der Waals surface area contributed by atoms with Crippen LogP contribution >= 0.6 is 11.6 Å². The number of amides is 1. The molecule has 0 saturated carbocycles. The minimum absolute atomic E-state index is 0.0525. The number of carbonyl (C=O) groups excluding carboxylic acids is 1. The molecule has 2 N–H and O–H groups in total. The van der Waals surface area contributed by atoms with Crippen LogP contribution in [0.15, 0.2) is 42.5 Å². The molecule has 0 bridgehead atoms. The molecule has 2 aromatic carbocycles. The summed E-state index contributed by atoms with van der Waals surface area (Å²) in [5.41, 5.74) is 2.29. The van der Waals surface area contributed by atoms with Gasteiger partial charge in [-0.15, -0.1) is 0 Å². The van der Waals surface area contributed by atoms with Crippen LogP contribution in [-0.4, -0.2) is 12.5 Å². The Kier molecular flexibility index (Phi) is 5.17. The molecule has 21 heavy (non-hydrogen) atoms. The SMILES string of the molecule is CCNc1ccc(C(=O)NCc2ccc(F)c(Cl)c2)cc1. The topological polar surface area (TPSA) is 41.1 Å². The minimum atomic E-state index is -0.467. The molecule has 5 heteroatoms. The number of hydrogen-bond donors (Lipinski definition) is 2. The maximum absolute atomic E-state index is 13.0. The van der Waals surface area contributed by atoms with Gasteiger partial charge in [0.05, 0.1) is 5.02 Å². The van der Waals surface area contributed by atoms with Crippen LogP contribution in [0.5, 0.6) is 0 Å². The van der Waals surface area contributed by atoms with Crippen LogP contribution in [0.3, 0.4) is 0 Å². The Morgan fingerprint density at radius 2 is 1.90 bits per heavy atom. The molecule has 0 unspecified atom stereocenters. The lowest BCUT2D eigenvalue weighted by Crippen LogP contribution is -2.22. The first-order valence-corrected chi connectivity index (χ1v) is 7.04. The average Bonchev–Trinajstić information content (AvgIpc) is 2.49. The first kappa shape index (κ1) is 15.3. The zero-order chi connectivity index (χ0) is 15.2. The molecule has 110 valence electrons. The van der Waals surface area contributed by atoms with Crippen molar-refractivity contribution in [1.82, 2.24) is 5.32 Å². The van der Waals surface area contributed by atoms with Gasteiger partial charge in [-0.2, -0.15) is 0 Å². The largest absolute Gasteiger partial charge is 0.385 e. The Bertz CT molecular complexity index is 629. The van der Waals surface area contributed by atoms with Gasteiger partial charge in [0.1, 0.15) is 5.82 Å². The molecule has 0 saturated heterocycles. The number of carbonyl (C=O) groups is 1. The first-order chi connectivity index (χ1) is 10.1. The maximum Gasteiger partial charge on any atom is 0.251 e. The van der Waals surface area contributed by atoms with E-state index in [0.717, 1.165) is 17.8 Å². The van der Waals surface area contributed by atoms with Gasteiger partial charge in [-0.3, -0.25) is 4.79 Å². The molecule has 0 heterocycles. The van der Waals surface area contributed by atoms with E-state index in [-0.39, 0.29) is 10.9 Å². The smallest absolute Gasteiger partial charge is 0.251 e. The molecule has 0 aliphatic heterocycles. The van der Waals surface area contributed by atoms with Gasteiger partial charge in [0.2, 0.25) is 0 Å². The predicted octanol–water partition coefficient (Wildman–Crippen LogP) is 3.84. The summed E-state index contributed by atoms with van der Waals surface area (Å²) in [4.78, 5) is 12.0. The van der Waals surface area contributed by atoms with Crippen molar-refractivity contribution in [3.63, 3.8) is 0 Å². The molecule has 0 aromatic heterocycles. The predicted molar refractivity (Wildman–Crippen MR) is 83.2 cm³/mol. The van der Waals surface area contributed by atoms with Crippen molar-refractivity contribution in [2.24, 2.45) is 0 Å². The van der Waals surface area contributed by atoms with Gasteiger partial charge >= 0.3 is 0 Å². The highest BCUT2D eigenvalue weighted by Crippen LogP contribution is 2.16. The van der Waals surface area contributed by atoms with E-state index in [1.807, 2.05) is 19.1 Å². The third-order valence-electron chi connectivity index (χ3n) is 2.97. The number of halogens is 2. The summed E-state index contributed by atoms with van der Waals surface area (Å²) >= 11 is 5.70. The highest BCUT2D eigenvalue weighted by Gasteiger charge is 2.06. The van der Waals surface area contributed by atoms with E-state index in [1.54, 1.807) is 18.2 Å². The van der Waals surface area contributed by atoms with E-state index in [0.29, 0.717) is 12.1 Å². The van der Waals surface area contributed by atoms with E-state index in [4.69, 9.17) is 11.6 Å². The van der Waals surface area contributed by atoms with Gasteiger partial charge in [0, 0.05) is 24.3 Å². The number of hydrogen-bond acceptors (Lipinski definition) is 2. The highest BCUT2D eigenvalue weighted by molar-refractivity contribution is 6.30. The Morgan fingerprint density at radius 3 is 2.52 bits per heavy atom. The van der Waals surface area contributed by atoms with E-state index in [9.17, 15) is 9.18 Å². The summed E-state index contributed by atoms with van der Waals surface area (Å²) in [5, 5.41) is 5.99. The lowest BCUT2D eigenvalue weighted by atomic mass is 10.1. The molecule has 0 fully saturated rings. The van der Waals surface area contributed by atoms with Gasteiger partial charge in [-0.1, -0.05) is 17.7 Å². The summed E-state index contributed by atoms with van der Waals surface area (Å²) in [6, 6.07) is 11.6. The van der Waals surface area contributed by atoms with Gasteiger partial charge in [-0.05, 0) is 48.9 Å². The Labute approximate surface area is 128 Å². The van der Waals surface area contributed by atoms with Crippen LogP contribution in [0.4, 0.5) is 10.1 Å². The summed E-state index contributed by atoms with van der Waals surface area (Å²) in [5.74, 6) is -0.649. The molecule has 0 aliphatic rings. The molecular weight excluding hydrogens is 291 g/mol. The normalized spacial score (nSPS) is 10.2. The monoisotopic (exact) mass is 306 g/mol. The number of anilines is 1. The van der Waals surface area contributed by atoms with Crippen molar-refractivity contribution in [1.29, 1.82) is 0 Å². The van der Waals surface area contributed by atoms with Crippen LogP contribution in [-0.2, 0) is 6.54 Å². The highest BCUT2D eigenvalue weighted by atomic mass is 35.5. The van der Waals surface area contributed by atoms with Gasteiger partial charge in [0.25, 0.3) is 5.91 Å². The molecule has 0 aliphatic carbocycles. The lowest BCUT2D eigenvalue weighted by Gasteiger charge is -2.07. The van der Waals surface area contributed by atoms with E-state index in [2.05, 4.69) is 10.6 Å². The third-order valence-corrected chi connectivity index (χ3v) is 3.25. The van der Waals surface area contributed by atoms with Gasteiger partial charge in [-0.25, -0.2) is 4.39 Å².